The number of hydrogen-bond acceptors (Lipinski definition) is 8. The molecule has 1 saturated carbocycles. The first-order valence-electron chi connectivity index (χ1n) is 11.5. The van der Waals surface area contributed by atoms with Crippen molar-refractivity contribution in [3.8, 4) is 0 Å². The molecule has 2 fully saturated rings. The van der Waals surface area contributed by atoms with E-state index < -0.39 is 24.2 Å². The zero-order valence-corrected chi connectivity index (χ0v) is 19.6. The fraction of sp³-hybridized carbons (Fsp3) is 0.652. The number of aliphatic hydroxyl groups is 2. The third-order valence-electron chi connectivity index (χ3n) is 6.48. The molecule has 9 heteroatoms. The Morgan fingerprint density at radius 3 is 2.66 bits per heavy atom. The highest BCUT2D eigenvalue weighted by Gasteiger charge is 2.50. The van der Waals surface area contributed by atoms with Gasteiger partial charge in [-0.1, -0.05) is 37.7 Å². The zero-order valence-electron chi connectivity index (χ0n) is 18.7. The minimum absolute atomic E-state index is 0.0792. The van der Waals surface area contributed by atoms with Crippen molar-refractivity contribution < 1.29 is 19.7 Å². The number of nitrogens with zero attached hydrogens (tertiary/aromatic N) is 2. The van der Waals surface area contributed by atoms with Crippen molar-refractivity contribution in [2.45, 2.75) is 49.7 Å². The number of ether oxygens (including phenoxy) is 1. The van der Waals surface area contributed by atoms with Gasteiger partial charge in [0.15, 0.2) is 5.17 Å². The Balaban J connectivity index is 1.36. The van der Waals surface area contributed by atoms with Crippen molar-refractivity contribution in [1.29, 1.82) is 0 Å². The van der Waals surface area contributed by atoms with E-state index in [4.69, 9.17) is 4.74 Å². The van der Waals surface area contributed by atoms with E-state index in [1.807, 2.05) is 12.1 Å². The number of aliphatic hydroxyl groups excluding tert-OH is 2. The van der Waals surface area contributed by atoms with Gasteiger partial charge in [-0.15, -0.1) is 0 Å². The molecular weight excluding hydrogens is 428 g/mol. The number of hydrogen-bond donors (Lipinski definition) is 4. The van der Waals surface area contributed by atoms with Gasteiger partial charge >= 0.3 is 0 Å². The molecule has 3 aliphatic rings. The van der Waals surface area contributed by atoms with Crippen LogP contribution in [0, 0.1) is 5.92 Å². The number of amides is 1. The number of morpholine rings is 1. The summed E-state index contributed by atoms with van der Waals surface area (Å²) in [4.78, 5) is 19.9. The van der Waals surface area contributed by atoms with E-state index in [0.717, 1.165) is 38.5 Å². The maximum Gasteiger partial charge on any atom is 0.224 e. The Hall–Kier alpha value is -1.65. The van der Waals surface area contributed by atoms with Gasteiger partial charge in [0.05, 0.1) is 31.3 Å². The van der Waals surface area contributed by atoms with Crippen LogP contribution in [-0.4, -0.2) is 89.1 Å². The highest BCUT2D eigenvalue weighted by atomic mass is 32.2. The van der Waals surface area contributed by atoms with Gasteiger partial charge in [-0.3, -0.25) is 14.7 Å². The van der Waals surface area contributed by atoms with Crippen molar-refractivity contribution in [1.82, 2.24) is 10.2 Å². The number of aliphatic imine (C=N–C) groups is 1. The van der Waals surface area contributed by atoms with Gasteiger partial charge in [-0.25, -0.2) is 0 Å². The molecule has 8 nitrogen and oxygen atoms in total. The first kappa shape index (κ1) is 23.5. The summed E-state index contributed by atoms with van der Waals surface area (Å²) in [5.74, 6) is -0.0202. The van der Waals surface area contributed by atoms with Gasteiger partial charge in [0, 0.05) is 37.1 Å². The maximum atomic E-state index is 13.0. The number of thioether (sulfide) groups is 1. The third-order valence-corrected chi connectivity index (χ3v) is 7.79. The average Bonchev–Trinajstić information content (AvgIpc) is 3.21. The van der Waals surface area contributed by atoms with Gasteiger partial charge < -0.3 is 25.6 Å². The quantitative estimate of drug-likeness (QED) is 0.504. The van der Waals surface area contributed by atoms with Crippen molar-refractivity contribution in [2.24, 2.45) is 10.9 Å². The summed E-state index contributed by atoms with van der Waals surface area (Å²) in [5, 5.41) is 27.7. The Labute approximate surface area is 193 Å². The fourth-order valence-corrected chi connectivity index (χ4v) is 5.85. The molecule has 2 heterocycles. The minimum Gasteiger partial charge on any atom is -0.390 e. The van der Waals surface area contributed by atoms with Crippen LogP contribution in [0.25, 0.3) is 0 Å². The molecule has 4 N–H and O–H groups in total. The standard InChI is InChI=1S/C23H34N4O4S/c1-14(2)15-3-5-16(6-4-15)25-23-26-19-20(29)18(28)13-17(21(19)32-23)22(30)24-7-8-27-9-11-31-12-10-27/h3-6,14,17-21,28-29H,7-13H2,1-2H3,(H,24,30)(H,25,26)/t17-,18+,19-,20-,21+/m0/s1. The second-order valence-corrected chi connectivity index (χ2v) is 10.2. The lowest BCUT2D eigenvalue weighted by molar-refractivity contribution is -0.129. The SMILES string of the molecule is CC(C)c1ccc(NC2=N[C@H]3[C@@H](O)[C@H](O)C[C@H](C(=O)NCCN4CCOCC4)[C@H]3S2)cc1. The normalized spacial score (nSPS) is 30.7. The van der Waals surface area contributed by atoms with Crippen LogP contribution in [0.5, 0.6) is 0 Å². The smallest absolute Gasteiger partial charge is 0.224 e. The predicted octanol–water partition coefficient (Wildman–Crippen LogP) is 1.25. The highest BCUT2D eigenvalue weighted by molar-refractivity contribution is 8.15. The summed E-state index contributed by atoms with van der Waals surface area (Å²) in [6, 6.07) is 7.70. The molecule has 1 saturated heterocycles. The van der Waals surface area contributed by atoms with Crippen LogP contribution in [0.15, 0.2) is 29.3 Å². The summed E-state index contributed by atoms with van der Waals surface area (Å²) in [6.45, 7) is 8.88. The van der Waals surface area contributed by atoms with Gasteiger partial charge in [0.25, 0.3) is 0 Å². The Kier molecular flexibility index (Phi) is 7.73. The second kappa shape index (κ2) is 10.5. The summed E-state index contributed by atoms with van der Waals surface area (Å²) in [6.07, 6.45) is -1.68. The number of anilines is 1. The van der Waals surface area contributed by atoms with Crippen LogP contribution in [0.4, 0.5) is 5.69 Å². The molecule has 1 aliphatic carbocycles. The minimum atomic E-state index is -0.965. The van der Waals surface area contributed by atoms with Gasteiger partial charge in [-0.2, -0.15) is 0 Å². The first-order chi connectivity index (χ1) is 15.4. The largest absolute Gasteiger partial charge is 0.390 e. The third kappa shape index (κ3) is 5.46. The van der Waals surface area contributed by atoms with E-state index in [0.29, 0.717) is 17.6 Å². The highest BCUT2D eigenvalue weighted by Crippen LogP contribution is 2.41. The van der Waals surface area contributed by atoms with Crippen LogP contribution < -0.4 is 10.6 Å². The van der Waals surface area contributed by atoms with E-state index in [9.17, 15) is 15.0 Å². The van der Waals surface area contributed by atoms with Gasteiger partial charge in [0.1, 0.15) is 6.10 Å². The van der Waals surface area contributed by atoms with Gasteiger partial charge in [0.2, 0.25) is 5.91 Å². The number of fused-ring (bicyclic) bond motifs is 1. The lowest BCUT2D eigenvalue weighted by Gasteiger charge is -2.37. The fourth-order valence-electron chi connectivity index (χ4n) is 4.48. The summed E-state index contributed by atoms with van der Waals surface area (Å²) >= 11 is 1.48. The van der Waals surface area contributed by atoms with E-state index in [2.05, 4.69) is 46.5 Å². The van der Waals surface area contributed by atoms with Crippen LogP contribution in [0.2, 0.25) is 0 Å². The van der Waals surface area contributed by atoms with E-state index in [-0.39, 0.29) is 17.6 Å². The predicted molar refractivity (Wildman–Crippen MR) is 127 cm³/mol. The molecule has 4 rings (SSSR count). The van der Waals surface area contributed by atoms with E-state index in [1.54, 1.807) is 0 Å². The molecular formula is C23H34N4O4S. The molecule has 32 heavy (non-hydrogen) atoms. The maximum absolute atomic E-state index is 13.0. The number of rotatable bonds is 6. The molecule has 5 atom stereocenters. The topological polar surface area (TPSA) is 106 Å². The lowest BCUT2D eigenvalue weighted by atomic mass is 9.81. The molecule has 1 amide bonds. The summed E-state index contributed by atoms with van der Waals surface area (Å²) < 4.78 is 5.36. The second-order valence-electron chi connectivity index (χ2n) is 9.05. The molecule has 1 aromatic carbocycles. The first-order valence-corrected chi connectivity index (χ1v) is 12.4. The van der Waals surface area contributed by atoms with Crippen molar-refractivity contribution in [3.05, 3.63) is 29.8 Å². The molecule has 0 unspecified atom stereocenters. The lowest BCUT2D eigenvalue weighted by Crippen LogP contribution is -2.54. The molecule has 1 aromatic rings. The van der Waals surface area contributed by atoms with E-state index >= 15 is 0 Å². The Morgan fingerprint density at radius 2 is 1.97 bits per heavy atom. The molecule has 176 valence electrons. The van der Waals surface area contributed by atoms with E-state index in [1.165, 1.54) is 17.3 Å². The molecule has 0 aromatic heterocycles. The molecule has 0 spiro atoms. The summed E-state index contributed by atoms with van der Waals surface area (Å²) in [7, 11) is 0. The van der Waals surface area contributed by atoms with Crippen molar-refractivity contribution in [2.75, 3.05) is 44.7 Å². The molecule has 2 aliphatic heterocycles. The zero-order chi connectivity index (χ0) is 22.7. The monoisotopic (exact) mass is 462 g/mol. The average molecular weight is 463 g/mol. The Bertz CT molecular complexity index is 813. The van der Waals surface area contributed by atoms with Crippen molar-refractivity contribution in [3.63, 3.8) is 0 Å². The number of nitrogens with one attached hydrogen (secondary N) is 2. The van der Waals surface area contributed by atoms with Gasteiger partial charge in [-0.05, 0) is 30.0 Å². The number of benzene rings is 1. The van der Waals surface area contributed by atoms with Crippen LogP contribution in [0.3, 0.4) is 0 Å². The summed E-state index contributed by atoms with van der Waals surface area (Å²) in [5.41, 5.74) is 2.18. The Morgan fingerprint density at radius 1 is 1.25 bits per heavy atom. The number of carbonyl (C=O) groups is 1. The number of carbonyl (C=O) groups excluding carboxylic acids is 1. The number of amidine groups is 1. The van der Waals surface area contributed by atoms with Crippen LogP contribution in [-0.2, 0) is 9.53 Å². The van der Waals surface area contributed by atoms with Crippen LogP contribution >= 0.6 is 11.8 Å². The van der Waals surface area contributed by atoms with Crippen LogP contribution in [0.1, 0.15) is 31.7 Å². The molecule has 0 radical (unpaired) electrons. The van der Waals surface area contributed by atoms with Crippen molar-refractivity contribution >= 4 is 28.5 Å². The molecule has 0 bridgehead atoms.